The summed E-state index contributed by atoms with van der Waals surface area (Å²) in [7, 11) is 0. The van der Waals surface area contributed by atoms with Gasteiger partial charge in [-0.25, -0.2) is 0 Å². The van der Waals surface area contributed by atoms with E-state index >= 15 is 0 Å². The van der Waals surface area contributed by atoms with Crippen molar-refractivity contribution in [3.05, 3.63) is 52.7 Å². The third-order valence-corrected chi connectivity index (χ3v) is 9.04. The number of benzene rings is 2. The molecule has 0 bridgehead atoms. The quantitative estimate of drug-likeness (QED) is 0.124. The summed E-state index contributed by atoms with van der Waals surface area (Å²) < 4.78 is 45.9. The van der Waals surface area contributed by atoms with E-state index in [1.165, 1.54) is 56.3 Å². The van der Waals surface area contributed by atoms with E-state index in [2.05, 4.69) is 0 Å². The predicted molar refractivity (Wildman–Crippen MR) is 172 cm³/mol. The summed E-state index contributed by atoms with van der Waals surface area (Å²) in [6.45, 7) is 3.66. The van der Waals surface area contributed by atoms with E-state index in [1.54, 1.807) is 0 Å². The number of ether oxygens (including phenoxy) is 7. The van der Waals surface area contributed by atoms with Crippen LogP contribution in [0.1, 0.15) is 20.8 Å². The van der Waals surface area contributed by atoms with Gasteiger partial charge in [-0.1, -0.05) is 0 Å². The number of phenolic OH excluding ortho intramolecular Hbond substituents is 1. The Kier molecular flexibility index (Phi) is 11.1. The van der Waals surface area contributed by atoms with E-state index in [0.717, 1.165) is 6.92 Å². The lowest BCUT2D eigenvalue weighted by Crippen LogP contribution is -2.63. The standard InChI is InChI=1S/C34H40O18/c1-12-21(38)24(41)26(43)33(46-12)49-17-8-9-18-20(10-17)50-29(15-4-6-16(36)7-5-15)30(22(18)39)52-34-27(44)31(28(13(2)47-34)48-14(3)35)51-32-25(42)23(40)19(37)11-45-32/h4-10,12-13,19,21,23-28,31-34,36-38,40-44H,11H2,1-3H3/t12-,13+,19-,21+,23+,24-,25-,26+,27+,28+,31+,32+,33-,34+/m1/s1. The largest absolute Gasteiger partial charge is 0.508 e. The van der Waals surface area contributed by atoms with Crippen molar-refractivity contribution in [2.45, 2.75) is 107 Å². The summed E-state index contributed by atoms with van der Waals surface area (Å²) in [5, 5.41) is 82.6. The number of hydrogen-bond acceptors (Lipinski definition) is 18. The average Bonchev–Trinajstić information content (AvgIpc) is 3.11. The molecule has 0 radical (unpaired) electrons. The zero-order valence-corrected chi connectivity index (χ0v) is 28.0. The molecule has 8 N–H and O–H groups in total. The molecule has 3 fully saturated rings. The molecular weight excluding hydrogens is 696 g/mol. The monoisotopic (exact) mass is 736 g/mol. The van der Waals surface area contributed by atoms with Gasteiger partial charge in [0.15, 0.2) is 18.2 Å². The number of aliphatic hydroxyl groups is 7. The molecule has 4 heterocycles. The second kappa shape index (κ2) is 15.2. The highest BCUT2D eigenvalue weighted by Gasteiger charge is 2.51. The number of fused-ring (bicyclic) bond motifs is 1. The van der Waals surface area contributed by atoms with Gasteiger partial charge in [0, 0.05) is 18.6 Å². The molecule has 2 aromatic carbocycles. The van der Waals surface area contributed by atoms with Gasteiger partial charge < -0.3 is 78.4 Å². The maximum atomic E-state index is 14.1. The molecule has 0 aliphatic carbocycles. The minimum Gasteiger partial charge on any atom is -0.508 e. The molecule has 3 aromatic rings. The molecule has 0 saturated carbocycles. The number of hydrogen-bond donors (Lipinski definition) is 8. The van der Waals surface area contributed by atoms with Gasteiger partial charge in [0.05, 0.1) is 24.2 Å². The van der Waals surface area contributed by atoms with Crippen LogP contribution in [-0.2, 0) is 28.5 Å². The molecule has 6 rings (SSSR count). The molecule has 3 aliphatic rings. The van der Waals surface area contributed by atoms with Crippen LogP contribution in [0.5, 0.6) is 17.2 Å². The number of carbonyl (C=O) groups excluding carboxylic acids is 1. The highest BCUT2D eigenvalue weighted by atomic mass is 16.7. The smallest absolute Gasteiger partial charge is 0.303 e. The van der Waals surface area contributed by atoms with Crippen molar-refractivity contribution in [2.24, 2.45) is 0 Å². The summed E-state index contributed by atoms with van der Waals surface area (Å²) in [5.41, 5.74) is -0.538. The van der Waals surface area contributed by atoms with E-state index in [1.807, 2.05) is 0 Å². The van der Waals surface area contributed by atoms with Gasteiger partial charge in [-0.2, -0.15) is 0 Å². The average molecular weight is 737 g/mol. The molecule has 284 valence electrons. The van der Waals surface area contributed by atoms with E-state index in [-0.39, 0.29) is 33.8 Å². The highest BCUT2D eigenvalue weighted by molar-refractivity contribution is 5.83. The molecule has 18 nitrogen and oxygen atoms in total. The normalized spacial score (nSPS) is 36.7. The predicted octanol–water partition coefficient (Wildman–Crippen LogP) is -1.39. The van der Waals surface area contributed by atoms with Crippen LogP contribution >= 0.6 is 0 Å². The van der Waals surface area contributed by atoms with Crippen molar-refractivity contribution < 1.29 is 83.2 Å². The number of esters is 1. The molecule has 3 aliphatic heterocycles. The molecule has 14 atom stereocenters. The Morgan fingerprint density at radius 3 is 2.10 bits per heavy atom. The lowest BCUT2D eigenvalue weighted by Gasteiger charge is -2.45. The molecule has 1 aromatic heterocycles. The van der Waals surface area contributed by atoms with Crippen LogP contribution in [0.15, 0.2) is 51.7 Å². The fraction of sp³-hybridized carbons (Fsp3) is 0.529. The summed E-state index contributed by atoms with van der Waals surface area (Å²) in [4.78, 5) is 26.1. The van der Waals surface area contributed by atoms with Crippen LogP contribution in [0, 0.1) is 0 Å². The number of rotatable bonds is 8. The topological polar surface area (TPSA) is 274 Å². The Bertz CT molecular complexity index is 1780. The first-order valence-electron chi connectivity index (χ1n) is 16.4. The maximum absolute atomic E-state index is 14.1. The van der Waals surface area contributed by atoms with Crippen LogP contribution in [0.4, 0.5) is 0 Å². The Hall–Kier alpha value is -3.92. The lowest BCUT2D eigenvalue weighted by molar-refractivity contribution is -0.336. The van der Waals surface area contributed by atoms with Gasteiger partial charge in [0.25, 0.3) is 0 Å². The Balaban J connectivity index is 1.35. The van der Waals surface area contributed by atoms with Gasteiger partial charge in [-0.05, 0) is 50.2 Å². The minimum absolute atomic E-state index is 0.0318. The number of aromatic hydroxyl groups is 1. The fourth-order valence-electron chi connectivity index (χ4n) is 6.15. The third-order valence-electron chi connectivity index (χ3n) is 9.04. The number of aliphatic hydroxyl groups excluding tert-OH is 7. The summed E-state index contributed by atoms with van der Waals surface area (Å²) in [6, 6.07) is 9.53. The van der Waals surface area contributed by atoms with Crippen LogP contribution < -0.4 is 14.9 Å². The third kappa shape index (κ3) is 7.45. The fourth-order valence-corrected chi connectivity index (χ4v) is 6.15. The van der Waals surface area contributed by atoms with E-state index in [0.29, 0.717) is 0 Å². The van der Waals surface area contributed by atoms with Gasteiger partial charge in [0.2, 0.25) is 23.8 Å². The first kappa shape index (κ1) is 37.8. The second-order valence-corrected chi connectivity index (χ2v) is 12.8. The molecule has 0 spiro atoms. The molecule has 0 unspecified atom stereocenters. The summed E-state index contributed by atoms with van der Waals surface area (Å²) >= 11 is 0. The van der Waals surface area contributed by atoms with Crippen LogP contribution in [0.3, 0.4) is 0 Å². The Morgan fingerprint density at radius 1 is 0.750 bits per heavy atom. The van der Waals surface area contributed by atoms with E-state index in [4.69, 9.17) is 37.6 Å². The van der Waals surface area contributed by atoms with E-state index < -0.39 is 110 Å². The molecule has 52 heavy (non-hydrogen) atoms. The lowest BCUT2D eigenvalue weighted by atomic mass is 9.98. The zero-order chi connectivity index (χ0) is 37.6. The van der Waals surface area contributed by atoms with Crippen molar-refractivity contribution >= 4 is 16.9 Å². The van der Waals surface area contributed by atoms with Crippen molar-refractivity contribution in [1.82, 2.24) is 0 Å². The molecule has 18 heteroatoms. The maximum Gasteiger partial charge on any atom is 0.303 e. The number of carbonyl (C=O) groups is 1. The Morgan fingerprint density at radius 2 is 1.40 bits per heavy atom. The number of phenols is 1. The van der Waals surface area contributed by atoms with Crippen molar-refractivity contribution in [3.8, 4) is 28.6 Å². The zero-order valence-electron chi connectivity index (χ0n) is 28.0. The first-order chi connectivity index (χ1) is 24.6. The van der Waals surface area contributed by atoms with Gasteiger partial charge >= 0.3 is 5.97 Å². The van der Waals surface area contributed by atoms with Gasteiger partial charge in [-0.15, -0.1) is 0 Å². The second-order valence-electron chi connectivity index (χ2n) is 12.8. The highest BCUT2D eigenvalue weighted by Crippen LogP contribution is 2.37. The minimum atomic E-state index is -1.84. The summed E-state index contributed by atoms with van der Waals surface area (Å²) in [5.74, 6) is -1.43. The van der Waals surface area contributed by atoms with Crippen LogP contribution in [-0.4, -0.2) is 139 Å². The van der Waals surface area contributed by atoms with Crippen molar-refractivity contribution in [3.63, 3.8) is 0 Å². The van der Waals surface area contributed by atoms with Crippen LogP contribution in [0.2, 0.25) is 0 Å². The SMILES string of the molecule is CC(=O)O[C@@H]1[C@@H](O[C@@H]2OC[C@@H](O)[C@H](O)[C@H]2O)[C@H](O)[C@H](Oc2c(-c3ccc(O)cc3)oc3cc(O[C@H]4O[C@H](C)[C@H](O)[C@@H](O)[C@@H]4O)ccc3c2=O)O[C@H]1C. The molecular formula is C34H40O18. The Labute approximate surface area is 294 Å². The van der Waals surface area contributed by atoms with E-state index in [9.17, 15) is 50.4 Å². The molecule has 0 amide bonds. The summed E-state index contributed by atoms with van der Waals surface area (Å²) in [6.07, 6.45) is -20.6. The van der Waals surface area contributed by atoms with Crippen molar-refractivity contribution in [2.75, 3.05) is 6.61 Å². The van der Waals surface area contributed by atoms with Gasteiger partial charge in [0.1, 0.15) is 65.9 Å². The molecule has 3 saturated heterocycles. The van der Waals surface area contributed by atoms with Crippen LogP contribution in [0.25, 0.3) is 22.3 Å². The van der Waals surface area contributed by atoms with Gasteiger partial charge in [-0.3, -0.25) is 9.59 Å². The first-order valence-corrected chi connectivity index (χ1v) is 16.4. The van der Waals surface area contributed by atoms with Crippen molar-refractivity contribution in [1.29, 1.82) is 0 Å².